The predicted molar refractivity (Wildman–Crippen MR) is 85.3 cm³/mol. The van der Waals surface area contributed by atoms with Crippen LogP contribution in [0.15, 0.2) is 59.6 Å². The van der Waals surface area contributed by atoms with Crippen molar-refractivity contribution < 1.29 is 13.2 Å². The molecule has 114 valence electrons. The molecule has 0 aliphatic carbocycles. The van der Waals surface area contributed by atoms with E-state index < -0.39 is 10.0 Å². The first kappa shape index (κ1) is 14.6. The van der Waals surface area contributed by atoms with Gasteiger partial charge in [0.25, 0.3) is 0 Å². The zero-order chi connectivity index (χ0) is 15.6. The number of ether oxygens (including phenoxy) is 1. The van der Waals surface area contributed by atoms with E-state index in [0.717, 1.165) is 16.5 Å². The summed E-state index contributed by atoms with van der Waals surface area (Å²) in [6, 6.07) is 14.1. The maximum atomic E-state index is 12.3. The maximum Gasteiger partial charge on any atom is 0.240 e. The van der Waals surface area contributed by atoms with Gasteiger partial charge >= 0.3 is 0 Å². The first-order valence-corrected chi connectivity index (χ1v) is 8.26. The van der Waals surface area contributed by atoms with Crippen molar-refractivity contribution in [3.63, 3.8) is 0 Å². The summed E-state index contributed by atoms with van der Waals surface area (Å²) in [5, 5.41) is 1.06. The van der Waals surface area contributed by atoms with E-state index in [-0.39, 0.29) is 11.4 Å². The van der Waals surface area contributed by atoms with Gasteiger partial charge in [-0.2, -0.15) is 0 Å². The molecule has 3 rings (SSSR count). The molecule has 0 atom stereocenters. The van der Waals surface area contributed by atoms with Crippen LogP contribution in [0, 0.1) is 0 Å². The van der Waals surface area contributed by atoms with Crippen LogP contribution in [0.5, 0.6) is 5.75 Å². The number of sulfonamides is 1. The zero-order valence-electron chi connectivity index (χ0n) is 12.0. The van der Waals surface area contributed by atoms with Gasteiger partial charge in [-0.1, -0.05) is 6.07 Å². The number of aromatic nitrogens is 1. The number of fused-ring (bicyclic) bond motifs is 1. The van der Waals surface area contributed by atoms with Crippen molar-refractivity contribution in [2.24, 2.45) is 0 Å². The summed E-state index contributed by atoms with van der Waals surface area (Å²) in [6.45, 7) is 0.246. The molecule has 0 bridgehead atoms. The standard InChI is InChI=1S/C16H16N2O3S/c1-21-14-3-5-15(6-4-14)22(19,20)18-11-12-2-7-16-13(10-12)8-9-17-16/h2-10,17-18H,11H2,1H3. The molecular weight excluding hydrogens is 300 g/mol. The molecule has 2 N–H and O–H groups in total. The molecule has 0 spiro atoms. The summed E-state index contributed by atoms with van der Waals surface area (Å²) in [5.41, 5.74) is 1.94. The highest BCUT2D eigenvalue weighted by atomic mass is 32.2. The summed E-state index contributed by atoms with van der Waals surface area (Å²) >= 11 is 0. The molecule has 5 nitrogen and oxygen atoms in total. The summed E-state index contributed by atoms with van der Waals surface area (Å²) in [5.74, 6) is 0.622. The van der Waals surface area contributed by atoms with Gasteiger partial charge in [-0.05, 0) is 53.4 Å². The molecule has 2 aromatic carbocycles. The van der Waals surface area contributed by atoms with E-state index in [1.165, 1.54) is 12.1 Å². The second-order valence-corrected chi connectivity index (χ2v) is 6.67. The van der Waals surface area contributed by atoms with Crippen LogP contribution in [0.25, 0.3) is 10.9 Å². The minimum atomic E-state index is -3.54. The minimum Gasteiger partial charge on any atom is -0.497 e. The lowest BCUT2D eigenvalue weighted by Gasteiger charge is -2.08. The lowest BCUT2D eigenvalue weighted by molar-refractivity contribution is 0.414. The van der Waals surface area contributed by atoms with E-state index in [0.29, 0.717) is 5.75 Å². The fraction of sp³-hybridized carbons (Fsp3) is 0.125. The van der Waals surface area contributed by atoms with E-state index in [1.54, 1.807) is 19.2 Å². The van der Waals surface area contributed by atoms with Crippen LogP contribution < -0.4 is 9.46 Å². The minimum absolute atomic E-state index is 0.219. The Hall–Kier alpha value is -2.31. The van der Waals surface area contributed by atoms with Gasteiger partial charge < -0.3 is 9.72 Å². The molecule has 1 aromatic heterocycles. The molecule has 0 saturated heterocycles. The van der Waals surface area contributed by atoms with Crippen molar-refractivity contribution in [2.45, 2.75) is 11.4 Å². The molecule has 6 heteroatoms. The van der Waals surface area contributed by atoms with Gasteiger partial charge in [0.1, 0.15) is 5.75 Å². The predicted octanol–water partition coefficient (Wildman–Crippen LogP) is 2.66. The van der Waals surface area contributed by atoms with Crippen LogP contribution in [-0.4, -0.2) is 20.5 Å². The summed E-state index contributed by atoms with van der Waals surface area (Å²) in [4.78, 5) is 3.32. The smallest absolute Gasteiger partial charge is 0.240 e. The Kier molecular flexibility index (Phi) is 3.87. The number of hydrogen-bond donors (Lipinski definition) is 2. The second-order valence-electron chi connectivity index (χ2n) is 4.90. The van der Waals surface area contributed by atoms with Gasteiger partial charge in [-0.3, -0.25) is 0 Å². The Morgan fingerprint density at radius 3 is 2.59 bits per heavy atom. The van der Waals surface area contributed by atoms with E-state index >= 15 is 0 Å². The number of hydrogen-bond acceptors (Lipinski definition) is 3. The van der Waals surface area contributed by atoms with Crippen molar-refractivity contribution in [3.05, 3.63) is 60.3 Å². The first-order valence-electron chi connectivity index (χ1n) is 6.78. The molecule has 22 heavy (non-hydrogen) atoms. The Morgan fingerprint density at radius 1 is 1.09 bits per heavy atom. The number of aromatic amines is 1. The molecule has 3 aromatic rings. The van der Waals surface area contributed by atoms with Gasteiger partial charge in [0.15, 0.2) is 0 Å². The Bertz CT molecular complexity index is 883. The highest BCUT2D eigenvalue weighted by Gasteiger charge is 2.13. The third kappa shape index (κ3) is 2.98. The van der Waals surface area contributed by atoms with Gasteiger partial charge in [0.05, 0.1) is 12.0 Å². The average Bonchev–Trinajstić information content (AvgIpc) is 3.01. The largest absolute Gasteiger partial charge is 0.497 e. The first-order chi connectivity index (χ1) is 10.6. The lowest BCUT2D eigenvalue weighted by atomic mass is 10.1. The van der Waals surface area contributed by atoms with Crippen molar-refractivity contribution in [1.29, 1.82) is 0 Å². The van der Waals surface area contributed by atoms with Crippen LogP contribution in [0.3, 0.4) is 0 Å². The van der Waals surface area contributed by atoms with Gasteiger partial charge in [0.2, 0.25) is 10.0 Å². The van der Waals surface area contributed by atoms with Crippen LogP contribution in [0.1, 0.15) is 5.56 Å². The van der Waals surface area contributed by atoms with Crippen molar-refractivity contribution in [2.75, 3.05) is 7.11 Å². The number of methoxy groups -OCH3 is 1. The quantitative estimate of drug-likeness (QED) is 0.760. The normalized spacial score (nSPS) is 11.7. The molecule has 0 aliphatic heterocycles. The van der Waals surface area contributed by atoms with Gasteiger partial charge in [-0.25, -0.2) is 13.1 Å². The number of benzene rings is 2. The number of nitrogens with one attached hydrogen (secondary N) is 2. The Labute approximate surface area is 129 Å². The molecule has 0 fully saturated rings. The van der Waals surface area contributed by atoms with Crippen LogP contribution in [0.2, 0.25) is 0 Å². The topological polar surface area (TPSA) is 71.2 Å². The van der Waals surface area contributed by atoms with Crippen molar-refractivity contribution in [1.82, 2.24) is 9.71 Å². The Balaban J connectivity index is 1.75. The summed E-state index contributed by atoms with van der Waals surface area (Å²) in [7, 11) is -2.00. The highest BCUT2D eigenvalue weighted by molar-refractivity contribution is 7.89. The fourth-order valence-corrected chi connectivity index (χ4v) is 3.25. The molecule has 0 radical (unpaired) electrons. The molecule has 1 heterocycles. The second kappa shape index (κ2) is 5.82. The number of rotatable bonds is 5. The van der Waals surface area contributed by atoms with Crippen molar-refractivity contribution in [3.8, 4) is 5.75 Å². The molecule has 0 saturated carbocycles. The monoisotopic (exact) mass is 316 g/mol. The SMILES string of the molecule is COc1ccc(S(=O)(=O)NCc2ccc3[nH]ccc3c2)cc1. The third-order valence-corrected chi connectivity index (χ3v) is 4.87. The summed E-state index contributed by atoms with van der Waals surface area (Å²) < 4.78 is 32.2. The molecular formula is C16H16N2O3S. The van der Waals surface area contributed by atoms with Crippen LogP contribution in [0.4, 0.5) is 0 Å². The third-order valence-electron chi connectivity index (χ3n) is 3.45. The molecule has 0 amide bonds. The zero-order valence-corrected chi connectivity index (χ0v) is 12.9. The lowest BCUT2D eigenvalue weighted by Crippen LogP contribution is -2.23. The fourth-order valence-electron chi connectivity index (χ4n) is 2.23. The maximum absolute atomic E-state index is 12.3. The summed E-state index contributed by atoms with van der Waals surface area (Å²) in [6.07, 6.45) is 1.86. The van der Waals surface area contributed by atoms with E-state index in [1.807, 2.05) is 30.5 Å². The number of H-pyrrole nitrogens is 1. The highest BCUT2D eigenvalue weighted by Crippen LogP contribution is 2.17. The van der Waals surface area contributed by atoms with Crippen molar-refractivity contribution >= 4 is 20.9 Å². The van der Waals surface area contributed by atoms with E-state index in [9.17, 15) is 8.42 Å². The van der Waals surface area contributed by atoms with E-state index in [2.05, 4.69) is 9.71 Å². The van der Waals surface area contributed by atoms with Gasteiger partial charge in [0, 0.05) is 18.3 Å². The van der Waals surface area contributed by atoms with Crippen LogP contribution in [-0.2, 0) is 16.6 Å². The average molecular weight is 316 g/mol. The van der Waals surface area contributed by atoms with E-state index in [4.69, 9.17) is 4.74 Å². The molecule has 0 aliphatic rings. The molecule has 0 unspecified atom stereocenters. The van der Waals surface area contributed by atoms with Gasteiger partial charge in [-0.15, -0.1) is 0 Å². The Morgan fingerprint density at radius 2 is 1.86 bits per heavy atom. The van der Waals surface area contributed by atoms with Crippen LogP contribution >= 0.6 is 0 Å².